The topological polar surface area (TPSA) is 173 Å². The lowest BCUT2D eigenvalue weighted by atomic mass is 9.94. The minimum Gasteiger partial charge on any atom is -0.488 e. The highest BCUT2D eigenvalue weighted by Crippen LogP contribution is 2.47. The van der Waals surface area contributed by atoms with Crippen LogP contribution < -0.4 is 20.1 Å². The zero-order chi connectivity index (χ0) is 39.9. The molecule has 14 heteroatoms. The van der Waals surface area contributed by atoms with Crippen LogP contribution in [0.2, 0.25) is 0 Å². The minimum atomic E-state index is -3.98. The van der Waals surface area contributed by atoms with E-state index in [2.05, 4.69) is 15.4 Å². The van der Waals surface area contributed by atoms with Gasteiger partial charge in [0.2, 0.25) is 21.8 Å². The smallest absolute Gasteiger partial charge is 0.408 e. The second-order valence-corrected chi connectivity index (χ2v) is 19.6. The molecule has 5 atom stereocenters. The highest BCUT2D eigenvalue weighted by molar-refractivity contribution is 7.91. The standard InChI is InChI=1S/C42H55N5O8S/c1-40(2,3)55-39(51)44-32-20-12-7-5-6-11-17-28-25-42(28,38(50)46-56(52,53)41(4)21-22-41)45-36(48)34-23-29(26-47(34)37(32)49)54-35-24-33(27-15-9-8-10-16-27)43-31-19-14-13-18-30(31)35/h8-11,15-17,24,28-29,32,34H,5-7,12-14,18-23,25-26H2,1-4H3,(H,44,51)(H,45,48)(H,46,50)/b17-11-/t28-,29-,32+,34+,42-/m1/s1. The molecule has 7 rings (SSSR count). The first kappa shape index (κ1) is 39.8. The Morgan fingerprint density at radius 2 is 1.77 bits per heavy atom. The summed E-state index contributed by atoms with van der Waals surface area (Å²) in [5.41, 5.74) is 1.44. The van der Waals surface area contributed by atoms with Crippen LogP contribution >= 0.6 is 0 Å². The summed E-state index contributed by atoms with van der Waals surface area (Å²) in [6.07, 6.45) is 10.6. The van der Waals surface area contributed by atoms with Crippen molar-refractivity contribution < 1.29 is 37.1 Å². The number of rotatable bonds is 7. The van der Waals surface area contributed by atoms with Crippen LogP contribution in [-0.4, -0.2) is 82.7 Å². The molecule has 3 N–H and O–H groups in total. The van der Waals surface area contributed by atoms with Crippen LogP contribution in [0.4, 0.5) is 4.79 Å². The number of hydrogen-bond donors (Lipinski definition) is 3. The van der Waals surface area contributed by atoms with Crippen molar-refractivity contribution in [3.05, 3.63) is 59.8 Å². The molecule has 2 aliphatic heterocycles. The fourth-order valence-corrected chi connectivity index (χ4v) is 9.42. The van der Waals surface area contributed by atoms with Gasteiger partial charge in [-0.2, -0.15) is 0 Å². The molecule has 1 aromatic carbocycles. The van der Waals surface area contributed by atoms with E-state index < -0.39 is 73.8 Å². The van der Waals surface area contributed by atoms with Crippen LogP contribution in [0, 0.1) is 5.92 Å². The van der Waals surface area contributed by atoms with Gasteiger partial charge in [0.1, 0.15) is 35.1 Å². The Labute approximate surface area is 329 Å². The number of sulfonamides is 1. The third kappa shape index (κ3) is 8.59. The maximum absolute atomic E-state index is 14.6. The van der Waals surface area contributed by atoms with Gasteiger partial charge in [0.15, 0.2) is 0 Å². The maximum atomic E-state index is 14.6. The number of alkyl carbamates (subject to hydrolysis) is 1. The van der Waals surface area contributed by atoms with E-state index in [1.54, 1.807) is 27.7 Å². The van der Waals surface area contributed by atoms with Crippen molar-refractivity contribution in [3.63, 3.8) is 0 Å². The summed E-state index contributed by atoms with van der Waals surface area (Å²) in [6.45, 7) is 6.89. The summed E-state index contributed by atoms with van der Waals surface area (Å²) < 4.78 is 40.0. The molecule has 302 valence electrons. The molecule has 4 amide bonds. The van der Waals surface area contributed by atoms with E-state index in [4.69, 9.17) is 14.5 Å². The van der Waals surface area contributed by atoms with Crippen molar-refractivity contribution in [2.24, 2.45) is 5.92 Å². The van der Waals surface area contributed by atoms with Crippen molar-refractivity contribution >= 4 is 33.8 Å². The number of amides is 4. The molecule has 1 aromatic heterocycles. The number of benzene rings is 1. The van der Waals surface area contributed by atoms with E-state index in [0.29, 0.717) is 37.9 Å². The Balaban J connectivity index is 1.21. The molecule has 2 saturated carbocycles. The monoisotopic (exact) mass is 789 g/mol. The first-order chi connectivity index (χ1) is 26.6. The van der Waals surface area contributed by atoms with Crippen LogP contribution in [0.15, 0.2) is 48.6 Å². The molecule has 3 heterocycles. The molecule has 5 aliphatic rings. The van der Waals surface area contributed by atoms with E-state index in [1.807, 2.05) is 48.6 Å². The van der Waals surface area contributed by atoms with E-state index in [9.17, 15) is 27.6 Å². The Bertz CT molecular complexity index is 1990. The lowest BCUT2D eigenvalue weighted by molar-refractivity contribution is -0.141. The third-order valence-electron chi connectivity index (χ3n) is 11.8. The number of allylic oxidation sites excluding steroid dienone is 1. The first-order valence-electron chi connectivity index (χ1n) is 20.2. The van der Waals surface area contributed by atoms with Gasteiger partial charge in [-0.05, 0) is 91.9 Å². The summed E-state index contributed by atoms with van der Waals surface area (Å²) >= 11 is 0. The van der Waals surface area contributed by atoms with Crippen molar-refractivity contribution in [2.75, 3.05) is 6.54 Å². The van der Waals surface area contributed by atoms with Gasteiger partial charge in [-0.15, -0.1) is 0 Å². The molecule has 2 aromatic rings. The zero-order valence-electron chi connectivity index (χ0n) is 32.9. The lowest BCUT2D eigenvalue weighted by Crippen LogP contribution is -2.58. The van der Waals surface area contributed by atoms with E-state index in [-0.39, 0.29) is 19.4 Å². The Kier molecular flexibility index (Phi) is 11.0. The molecule has 13 nitrogen and oxygen atoms in total. The van der Waals surface area contributed by atoms with E-state index in [1.165, 1.54) is 4.90 Å². The van der Waals surface area contributed by atoms with Crippen LogP contribution in [0.25, 0.3) is 11.3 Å². The number of aryl methyl sites for hydroxylation is 1. The first-order valence-corrected chi connectivity index (χ1v) is 21.7. The van der Waals surface area contributed by atoms with Crippen LogP contribution in [0.1, 0.15) is 110 Å². The highest BCUT2D eigenvalue weighted by atomic mass is 32.2. The average molecular weight is 790 g/mol. The second kappa shape index (κ2) is 15.5. The van der Waals surface area contributed by atoms with Gasteiger partial charge in [0.25, 0.3) is 5.91 Å². The lowest BCUT2D eigenvalue weighted by Gasteiger charge is -2.30. The quantitative estimate of drug-likeness (QED) is 0.317. The SMILES string of the molecule is CC(C)(C)OC(=O)N[C@H]1CCCCC/C=C\[C@@H]2C[C@@]2(C(=O)NS(=O)(=O)C2(C)CC2)NC(=O)[C@@H]2C[C@@H](Oc3cc(-c4ccccc4)nc4c3CCCC4)CN2C1=O. The van der Waals surface area contributed by atoms with E-state index in [0.717, 1.165) is 61.0 Å². The van der Waals surface area contributed by atoms with Gasteiger partial charge in [-0.1, -0.05) is 55.3 Å². The summed E-state index contributed by atoms with van der Waals surface area (Å²) in [5.74, 6) is -1.56. The molecule has 0 bridgehead atoms. The number of ether oxygens (including phenoxy) is 2. The molecule has 0 radical (unpaired) electrons. The predicted molar refractivity (Wildman–Crippen MR) is 210 cm³/mol. The van der Waals surface area contributed by atoms with Gasteiger partial charge in [-0.25, -0.2) is 13.2 Å². The third-order valence-corrected chi connectivity index (χ3v) is 13.9. The number of fused-ring (bicyclic) bond motifs is 3. The van der Waals surface area contributed by atoms with Gasteiger partial charge < -0.3 is 25.0 Å². The van der Waals surface area contributed by atoms with Crippen molar-refractivity contribution in [1.82, 2.24) is 25.2 Å². The molecular formula is C42H55N5O8S. The summed E-state index contributed by atoms with van der Waals surface area (Å²) in [5, 5.41) is 5.72. The highest BCUT2D eigenvalue weighted by Gasteiger charge is 2.63. The number of carbonyl (C=O) groups is 4. The predicted octanol–water partition coefficient (Wildman–Crippen LogP) is 5.26. The minimum absolute atomic E-state index is 0.0520. The Morgan fingerprint density at radius 1 is 1.02 bits per heavy atom. The van der Waals surface area contributed by atoms with Gasteiger partial charge in [0.05, 0.1) is 17.0 Å². The van der Waals surface area contributed by atoms with Crippen molar-refractivity contribution in [2.45, 2.75) is 145 Å². The number of nitrogens with zero attached hydrogens (tertiary/aromatic N) is 2. The fourth-order valence-electron chi connectivity index (χ4n) is 8.10. The maximum Gasteiger partial charge on any atom is 0.408 e. The fraction of sp³-hybridized carbons (Fsp3) is 0.595. The van der Waals surface area contributed by atoms with Crippen molar-refractivity contribution in [3.8, 4) is 17.0 Å². The number of nitrogens with one attached hydrogen (secondary N) is 3. The summed E-state index contributed by atoms with van der Waals surface area (Å²) in [4.78, 5) is 62.6. The Morgan fingerprint density at radius 3 is 2.50 bits per heavy atom. The van der Waals surface area contributed by atoms with E-state index >= 15 is 0 Å². The second-order valence-electron chi connectivity index (χ2n) is 17.4. The molecule has 0 unspecified atom stereocenters. The van der Waals surface area contributed by atoms with Crippen LogP contribution in [0.3, 0.4) is 0 Å². The van der Waals surface area contributed by atoms with Crippen LogP contribution in [0.5, 0.6) is 5.75 Å². The molecule has 56 heavy (non-hydrogen) atoms. The summed E-state index contributed by atoms with van der Waals surface area (Å²) in [7, 11) is -3.98. The number of pyridine rings is 1. The van der Waals surface area contributed by atoms with Crippen LogP contribution in [-0.2, 0) is 42.0 Å². The molecule has 1 saturated heterocycles. The van der Waals surface area contributed by atoms with Crippen molar-refractivity contribution in [1.29, 1.82) is 0 Å². The Hall–Kier alpha value is -4.46. The molecule has 3 aliphatic carbocycles. The number of aromatic nitrogens is 1. The number of carbonyl (C=O) groups excluding carboxylic acids is 4. The number of hydrogen-bond acceptors (Lipinski definition) is 9. The molecule has 0 spiro atoms. The summed E-state index contributed by atoms with van der Waals surface area (Å²) in [6, 6.07) is 9.75. The van der Waals surface area contributed by atoms with Gasteiger partial charge in [-0.3, -0.25) is 24.1 Å². The largest absolute Gasteiger partial charge is 0.488 e. The van der Waals surface area contributed by atoms with Gasteiger partial charge in [0, 0.05) is 35.2 Å². The zero-order valence-corrected chi connectivity index (χ0v) is 33.7. The molecular weight excluding hydrogens is 735 g/mol. The van der Waals surface area contributed by atoms with Gasteiger partial charge >= 0.3 is 6.09 Å². The average Bonchev–Trinajstić information content (AvgIpc) is 4.03. The molecule has 3 fully saturated rings. The normalized spacial score (nSPS) is 28.2.